The second-order valence-corrected chi connectivity index (χ2v) is 10.1. The van der Waals surface area contributed by atoms with E-state index in [-0.39, 0.29) is 11.6 Å². The highest BCUT2D eigenvalue weighted by atomic mass is 127. The van der Waals surface area contributed by atoms with Gasteiger partial charge in [0.1, 0.15) is 5.60 Å². The Morgan fingerprint density at radius 3 is 1.19 bits per heavy atom. The van der Waals surface area contributed by atoms with Crippen LogP contribution in [-0.4, -0.2) is 16.0 Å². The van der Waals surface area contributed by atoms with Crippen molar-refractivity contribution < 1.29 is 9.53 Å². The lowest BCUT2D eigenvalue weighted by atomic mass is 10.0. The van der Waals surface area contributed by atoms with Gasteiger partial charge in [-0.15, -0.1) is 0 Å². The first-order valence-corrected chi connectivity index (χ1v) is 13.3. The van der Waals surface area contributed by atoms with Crippen molar-refractivity contribution in [1.82, 2.24) is 0 Å². The van der Waals surface area contributed by atoms with Crippen molar-refractivity contribution in [1.29, 1.82) is 0 Å². The normalized spacial score (nSPS) is 11.7. The van der Waals surface area contributed by atoms with Crippen LogP contribution in [-0.2, 0) is 9.53 Å². The maximum atomic E-state index is 11.6. The molecular formula is C24H47IO2. The predicted octanol–water partition coefficient (Wildman–Crippen LogP) is 8.78. The van der Waals surface area contributed by atoms with E-state index in [9.17, 15) is 4.79 Å². The van der Waals surface area contributed by atoms with Gasteiger partial charge >= 0.3 is 5.97 Å². The van der Waals surface area contributed by atoms with E-state index in [4.69, 9.17) is 4.74 Å². The van der Waals surface area contributed by atoms with Crippen LogP contribution in [0.1, 0.15) is 136 Å². The Labute approximate surface area is 184 Å². The van der Waals surface area contributed by atoms with Gasteiger partial charge in [-0.3, -0.25) is 4.79 Å². The van der Waals surface area contributed by atoms with Crippen LogP contribution >= 0.6 is 22.6 Å². The average Bonchev–Trinajstić information content (AvgIpc) is 2.59. The summed E-state index contributed by atoms with van der Waals surface area (Å²) in [5.41, 5.74) is -0.342. The second kappa shape index (κ2) is 19.5. The lowest BCUT2D eigenvalue weighted by Crippen LogP contribution is -2.23. The van der Waals surface area contributed by atoms with Gasteiger partial charge < -0.3 is 4.74 Å². The van der Waals surface area contributed by atoms with Crippen molar-refractivity contribution in [2.45, 2.75) is 142 Å². The molecular weight excluding hydrogens is 447 g/mol. The minimum absolute atomic E-state index is 0.0429. The summed E-state index contributed by atoms with van der Waals surface area (Å²) in [6.07, 6.45) is 23.9. The van der Waals surface area contributed by atoms with Crippen LogP contribution in [0.25, 0.3) is 0 Å². The Morgan fingerprint density at radius 2 is 0.889 bits per heavy atom. The molecule has 0 unspecified atom stereocenters. The number of ether oxygens (including phenoxy) is 1. The van der Waals surface area contributed by atoms with Crippen molar-refractivity contribution in [3.05, 3.63) is 0 Å². The molecule has 0 spiro atoms. The van der Waals surface area contributed by atoms with Gasteiger partial charge in [-0.25, -0.2) is 0 Å². The molecule has 162 valence electrons. The van der Waals surface area contributed by atoms with E-state index in [1.165, 1.54) is 101 Å². The third-order valence-electron chi connectivity index (χ3n) is 4.93. The third kappa shape index (κ3) is 24.2. The van der Waals surface area contributed by atoms with Gasteiger partial charge in [-0.2, -0.15) is 0 Å². The van der Waals surface area contributed by atoms with Crippen LogP contribution in [0.2, 0.25) is 0 Å². The summed E-state index contributed by atoms with van der Waals surface area (Å²) in [5.74, 6) is -0.0429. The number of carbonyl (C=O) groups excluding carboxylic acids is 1. The minimum Gasteiger partial charge on any atom is -0.460 e. The molecule has 0 aromatic heterocycles. The van der Waals surface area contributed by atoms with Crippen molar-refractivity contribution in [3.63, 3.8) is 0 Å². The molecule has 0 rings (SSSR count). The van der Waals surface area contributed by atoms with Crippen LogP contribution in [0.5, 0.6) is 0 Å². The zero-order valence-corrected chi connectivity index (χ0v) is 20.8. The zero-order chi connectivity index (χ0) is 20.2. The summed E-state index contributed by atoms with van der Waals surface area (Å²) in [7, 11) is 0. The summed E-state index contributed by atoms with van der Waals surface area (Å²) < 4.78 is 6.66. The summed E-state index contributed by atoms with van der Waals surface area (Å²) in [5, 5.41) is 0. The number of esters is 1. The molecule has 3 heteroatoms. The summed E-state index contributed by atoms with van der Waals surface area (Å²) >= 11 is 2.48. The number of unbranched alkanes of at least 4 members (excludes halogenated alkanes) is 16. The fraction of sp³-hybridized carbons (Fsp3) is 0.958. The molecule has 0 heterocycles. The highest BCUT2D eigenvalue weighted by Gasteiger charge is 2.15. The van der Waals surface area contributed by atoms with E-state index in [2.05, 4.69) is 22.6 Å². The Bertz CT molecular complexity index is 323. The van der Waals surface area contributed by atoms with Gasteiger partial charge in [-0.05, 0) is 38.0 Å². The third-order valence-corrected chi connectivity index (χ3v) is 5.70. The Balaban J connectivity index is 3.12. The Kier molecular flexibility index (Phi) is 19.7. The number of hydrogen-bond donors (Lipinski definition) is 0. The van der Waals surface area contributed by atoms with E-state index < -0.39 is 0 Å². The highest BCUT2D eigenvalue weighted by Crippen LogP contribution is 2.15. The zero-order valence-electron chi connectivity index (χ0n) is 18.6. The van der Waals surface area contributed by atoms with Gasteiger partial charge in [0.2, 0.25) is 0 Å². The molecule has 0 aliphatic rings. The molecule has 0 fully saturated rings. The maximum absolute atomic E-state index is 11.6. The van der Waals surface area contributed by atoms with Crippen LogP contribution in [0.3, 0.4) is 0 Å². The van der Waals surface area contributed by atoms with Gasteiger partial charge in [0.05, 0.1) is 0 Å². The standard InChI is InChI=1S/C24H47IO2/c1-24(2,3)27-23(26)21-19-17-15-13-11-9-7-5-4-6-8-10-12-14-16-18-20-22-25/h4-22H2,1-3H3. The number of alkyl halides is 1. The summed E-state index contributed by atoms with van der Waals surface area (Å²) in [4.78, 5) is 11.6. The average molecular weight is 495 g/mol. The minimum atomic E-state index is -0.342. The fourth-order valence-corrected chi connectivity index (χ4v) is 3.95. The van der Waals surface area contributed by atoms with Crippen molar-refractivity contribution in [2.24, 2.45) is 0 Å². The molecule has 0 saturated carbocycles. The highest BCUT2D eigenvalue weighted by molar-refractivity contribution is 14.1. The van der Waals surface area contributed by atoms with E-state index >= 15 is 0 Å². The first-order valence-electron chi connectivity index (χ1n) is 11.7. The quantitative estimate of drug-likeness (QED) is 0.0776. The number of rotatable bonds is 19. The predicted molar refractivity (Wildman–Crippen MR) is 128 cm³/mol. The molecule has 0 bridgehead atoms. The fourth-order valence-electron chi connectivity index (χ4n) is 3.41. The maximum Gasteiger partial charge on any atom is 0.306 e. The van der Waals surface area contributed by atoms with Gasteiger partial charge in [0, 0.05) is 6.42 Å². The van der Waals surface area contributed by atoms with Crippen LogP contribution in [0.15, 0.2) is 0 Å². The molecule has 0 saturated heterocycles. The molecule has 0 aliphatic heterocycles. The smallest absolute Gasteiger partial charge is 0.306 e. The molecule has 0 radical (unpaired) electrons. The van der Waals surface area contributed by atoms with Crippen LogP contribution in [0.4, 0.5) is 0 Å². The SMILES string of the molecule is CC(C)(C)OC(=O)CCCCCCCCCCCCCCCCCCCI. The molecule has 2 nitrogen and oxygen atoms in total. The number of halogens is 1. The number of carbonyl (C=O) groups is 1. The first-order chi connectivity index (χ1) is 13.0. The van der Waals surface area contributed by atoms with Crippen molar-refractivity contribution in [3.8, 4) is 0 Å². The summed E-state index contributed by atoms with van der Waals surface area (Å²) in [6, 6.07) is 0. The lowest BCUT2D eigenvalue weighted by molar-refractivity contribution is -0.154. The Hall–Kier alpha value is 0.200. The van der Waals surface area contributed by atoms with Crippen LogP contribution < -0.4 is 0 Å². The molecule has 27 heavy (non-hydrogen) atoms. The van der Waals surface area contributed by atoms with E-state index in [0.29, 0.717) is 6.42 Å². The molecule has 0 aliphatic carbocycles. The first kappa shape index (κ1) is 27.2. The molecule has 0 amide bonds. The van der Waals surface area contributed by atoms with Crippen molar-refractivity contribution >= 4 is 28.6 Å². The Morgan fingerprint density at radius 1 is 0.593 bits per heavy atom. The van der Waals surface area contributed by atoms with Gasteiger partial charge in [0.25, 0.3) is 0 Å². The molecule has 0 N–H and O–H groups in total. The monoisotopic (exact) mass is 494 g/mol. The van der Waals surface area contributed by atoms with Gasteiger partial charge in [0.15, 0.2) is 0 Å². The van der Waals surface area contributed by atoms with Gasteiger partial charge in [-0.1, -0.05) is 119 Å². The second-order valence-electron chi connectivity index (χ2n) is 9.04. The number of hydrogen-bond acceptors (Lipinski definition) is 2. The largest absolute Gasteiger partial charge is 0.460 e. The van der Waals surface area contributed by atoms with E-state index in [0.717, 1.165) is 12.8 Å². The van der Waals surface area contributed by atoms with E-state index in [1.54, 1.807) is 0 Å². The molecule has 0 aromatic carbocycles. The summed E-state index contributed by atoms with van der Waals surface area (Å²) in [6.45, 7) is 5.79. The van der Waals surface area contributed by atoms with Crippen LogP contribution in [0, 0.1) is 0 Å². The van der Waals surface area contributed by atoms with E-state index in [1.807, 2.05) is 20.8 Å². The lowest BCUT2D eigenvalue weighted by Gasteiger charge is -2.19. The molecule has 0 aromatic rings. The molecule has 0 atom stereocenters. The van der Waals surface area contributed by atoms with Crippen molar-refractivity contribution in [2.75, 3.05) is 4.43 Å². The topological polar surface area (TPSA) is 26.3 Å².